The van der Waals surface area contributed by atoms with Crippen molar-refractivity contribution in [2.75, 3.05) is 18.0 Å². The highest BCUT2D eigenvalue weighted by atomic mass is 32.1. The van der Waals surface area contributed by atoms with Crippen molar-refractivity contribution in [3.8, 4) is 44.8 Å². The number of pyridine rings is 1. The van der Waals surface area contributed by atoms with Crippen molar-refractivity contribution in [2.45, 2.75) is 33.1 Å². The number of piperidine rings is 1. The fourth-order valence-electron chi connectivity index (χ4n) is 5.34. The minimum atomic E-state index is -0.250. The van der Waals surface area contributed by atoms with Gasteiger partial charge in [-0.1, -0.05) is 18.2 Å². The van der Waals surface area contributed by atoms with Gasteiger partial charge in [0.25, 0.3) is 6.47 Å². The van der Waals surface area contributed by atoms with Crippen molar-refractivity contribution in [1.82, 2.24) is 15.2 Å². The highest BCUT2D eigenvalue weighted by Crippen LogP contribution is 2.42. The summed E-state index contributed by atoms with van der Waals surface area (Å²) in [7, 11) is 0. The molecule has 6 rings (SSSR count). The Hall–Kier alpha value is -4.68. The van der Waals surface area contributed by atoms with Gasteiger partial charge in [-0.2, -0.15) is 10.4 Å². The lowest BCUT2D eigenvalue weighted by atomic mass is 9.91. The van der Waals surface area contributed by atoms with Gasteiger partial charge < -0.3 is 15.1 Å². The summed E-state index contributed by atoms with van der Waals surface area (Å²) in [4.78, 5) is 16.7. The lowest BCUT2D eigenvalue weighted by Gasteiger charge is -2.29. The number of H-pyrrole nitrogens is 1. The molecule has 0 atom stereocenters. The molecule has 1 aliphatic rings. The second kappa shape index (κ2) is 11.6. The van der Waals surface area contributed by atoms with Crippen molar-refractivity contribution in [3.05, 3.63) is 70.6 Å². The maximum Gasteiger partial charge on any atom is 0.290 e. The summed E-state index contributed by atoms with van der Waals surface area (Å²) in [6, 6.07) is 18.8. The van der Waals surface area contributed by atoms with Gasteiger partial charge in [-0.3, -0.25) is 9.89 Å². The average Bonchev–Trinajstić information content (AvgIpc) is 3.66. The molecular weight excluding hydrogens is 522 g/mol. The van der Waals surface area contributed by atoms with Gasteiger partial charge >= 0.3 is 0 Å². The van der Waals surface area contributed by atoms with E-state index in [0.29, 0.717) is 16.9 Å². The Morgan fingerprint density at radius 2 is 1.73 bits per heavy atom. The summed E-state index contributed by atoms with van der Waals surface area (Å²) in [5.74, 6) is 0.261. The molecule has 2 aromatic carbocycles. The number of aromatic hydroxyl groups is 1. The number of hydrogen-bond donors (Lipinski definition) is 3. The minimum Gasteiger partial charge on any atom is -0.507 e. The van der Waals surface area contributed by atoms with Crippen LogP contribution in [0.4, 0.5) is 5.69 Å². The predicted octanol–water partition coefficient (Wildman–Crippen LogP) is 6.91. The standard InChI is InChI=1S/C30H27N5OS.CH2O2/c1-18-15-21(16-19(2)29(18)36)27-23(17-31)25(20-8-10-22(11-9-20)35-12-4-3-5-13-35)26-28(24-7-6-14-37-24)33-34-30(26)32-27;2-1-3/h6-11,14-16,36H,3-5,12-13H2,1-2H3,(H,32,33,34);1H,(H,2,3). The van der Waals surface area contributed by atoms with Crippen LogP contribution in [0.1, 0.15) is 36.0 Å². The highest BCUT2D eigenvalue weighted by Gasteiger charge is 2.24. The first kappa shape index (κ1) is 26.9. The molecule has 0 unspecified atom stereocenters. The number of aromatic nitrogens is 3. The van der Waals surface area contributed by atoms with Crippen LogP contribution in [0.2, 0.25) is 0 Å². The van der Waals surface area contributed by atoms with Crippen LogP contribution in [0.5, 0.6) is 5.75 Å². The maximum absolute atomic E-state index is 10.5. The number of carboxylic acid groups (broad SMARTS) is 1. The molecular formula is C31H29N5O3S. The number of aromatic amines is 1. The Morgan fingerprint density at radius 3 is 2.33 bits per heavy atom. The zero-order chi connectivity index (χ0) is 28.2. The van der Waals surface area contributed by atoms with E-state index < -0.39 is 0 Å². The molecule has 4 heterocycles. The molecule has 8 nitrogen and oxygen atoms in total. The fraction of sp³-hybridized carbons (Fsp3) is 0.226. The van der Waals surface area contributed by atoms with Gasteiger partial charge in [-0.25, -0.2) is 4.98 Å². The van der Waals surface area contributed by atoms with Gasteiger partial charge in [0, 0.05) is 29.9 Å². The molecule has 0 radical (unpaired) electrons. The van der Waals surface area contributed by atoms with Crippen LogP contribution in [0.15, 0.2) is 53.9 Å². The first-order valence-electron chi connectivity index (χ1n) is 13.1. The van der Waals surface area contributed by atoms with Gasteiger partial charge in [-0.05, 0) is 85.5 Å². The van der Waals surface area contributed by atoms with Crippen molar-refractivity contribution in [1.29, 1.82) is 5.26 Å². The lowest BCUT2D eigenvalue weighted by molar-refractivity contribution is -0.122. The Morgan fingerprint density at radius 1 is 1.05 bits per heavy atom. The number of hydrogen-bond acceptors (Lipinski definition) is 7. The van der Waals surface area contributed by atoms with Crippen molar-refractivity contribution in [2.24, 2.45) is 0 Å². The quantitative estimate of drug-likeness (QED) is 0.207. The third kappa shape index (κ3) is 5.01. The minimum absolute atomic E-state index is 0.250. The number of rotatable bonds is 4. The van der Waals surface area contributed by atoms with Crippen LogP contribution < -0.4 is 4.90 Å². The second-order valence-electron chi connectivity index (χ2n) is 9.76. The SMILES string of the molecule is Cc1cc(-c2nc3n[nH]c(-c4cccs4)c3c(-c3ccc(N4CCCCC4)cc3)c2C#N)cc(C)c1O.O=CO. The third-order valence-corrected chi connectivity index (χ3v) is 8.11. The third-order valence-electron chi connectivity index (χ3n) is 7.22. The molecule has 202 valence electrons. The summed E-state index contributed by atoms with van der Waals surface area (Å²) in [6.07, 6.45) is 3.73. The van der Waals surface area contributed by atoms with E-state index in [2.05, 4.69) is 45.4 Å². The van der Waals surface area contributed by atoms with Gasteiger partial charge in [-0.15, -0.1) is 11.3 Å². The maximum atomic E-state index is 10.5. The van der Waals surface area contributed by atoms with Crippen LogP contribution in [0.25, 0.3) is 44.0 Å². The Bertz CT molecular complexity index is 1670. The van der Waals surface area contributed by atoms with E-state index >= 15 is 0 Å². The summed E-state index contributed by atoms with van der Waals surface area (Å²) < 4.78 is 0. The van der Waals surface area contributed by atoms with E-state index in [-0.39, 0.29) is 12.2 Å². The summed E-state index contributed by atoms with van der Waals surface area (Å²) in [5, 5.41) is 38.4. The van der Waals surface area contributed by atoms with Crippen LogP contribution in [0.3, 0.4) is 0 Å². The van der Waals surface area contributed by atoms with Gasteiger partial charge in [0.15, 0.2) is 5.65 Å². The van der Waals surface area contributed by atoms with Crippen LogP contribution >= 0.6 is 11.3 Å². The van der Waals surface area contributed by atoms with Crippen LogP contribution in [0, 0.1) is 25.2 Å². The number of aryl methyl sites for hydroxylation is 2. The molecule has 40 heavy (non-hydrogen) atoms. The van der Waals surface area contributed by atoms with E-state index in [0.717, 1.165) is 56.9 Å². The highest BCUT2D eigenvalue weighted by molar-refractivity contribution is 7.13. The summed E-state index contributed by atoms with van der Waals surface area (Å²) >= 11 is 1.62. The molecule has 1 saturated heterocycles. The lowest BCUT2D eigenvalue weighted by Crippen LogP contribution is -2.29. The normalized spacial score (nSPS) is 13.0. The number of benzene rings is 2. The molecule has 0 aliphatic carbocycles. The van der Waals surface area contributed by atoms with Crippen molar-refractivity contribution < 1.29 is 15.0 Å². The number of anilines is 1. The number of thiophene rings is 1. The number of phenolic OH excluding ortho intramolecular Hbond substituents is 1. The molecule has 1 aliphatic heterocycles. The monoisotopic (exact) mass is 551 g/mol. The van der Waals surface area contributed by atoms with E-state index in [1.165, 1.54) is 24.9 Å². The average molecular weight is 552 g/mol. The van der Waals surface area contributed by atoms with Crippen LogP contribution in [-0.2, 0) is 4.79 Å². The zero-order valence-electron chi connectivity index (χ0n) is 22.3. The summed E-state index contributed by atoms with van der Waals surface area (Å²) in [6.45, 7) is 5.63. The van der Waals surface area contributed by atoms with E-state index in [1.807, 2.05) is 43.5 Å². The molecule has 0 bridgehead atoms. The molecule has 5 aromatic rings. The molecule has 1 fully saturated rings. The Balaban J connectivity index is 0.00000103. The topological polar surface area (TPSA) is 126 Å². The first-order chi connectivity index (χ1) is 19.5. The van der Waals surface area contributed by atoms with E-state index in [1.54, 1.807) is 11.3 Å². The van der Waals surface area contributed by atoms with Crippen molar-refractivity contribution >= 4 is 34.5 Å². The smallest absolute Gasteiger partial charge is 0.290 e. The number of fused-ring (bicyclic) bond motifs is 1. The number of nitrogens with zero attached hydrogens (tertiary/aromatic N) is 4. The van der Waals surface area contributed by atoms with Gasteiger partial charge in [0.2, 0.25) is 0 Å². The van der Waals surface area contributed by atoms with Crippen LogP contribution in [-0.4, -0.2) is 45.0 Å². The molecule has 0 spiro atoms. The van der Waals surface area contributed by atoms with Gasteiger partial charge in [0.05, 0.1) is 27.2 Å². The molecule has 0 amide bonds. The Labute approximate surface area is 236 Å². The number of nitrogens with one attached hydrogen (secondary N) is 1. The molecule has 9 heteroatoms. The molecule has 3 aromatic heterocycles. The van der Waals surface area contributed by atoms with E-state index in [4.69, 9.17) is 14.9 Å². The Kier molecular flexibility index (Phi) is 7.80. The number of carbonyl (C=O) groups is 1. The van der Waals surface area contributed by atoms with Gasteiger partial charge in [0.1, 0.15) is 11.8 Å². The predicted molar refractivity (Wildman–Crippen MR) is 159 cm³/mol. The number of phenols is 1. The number of nitriles is 1. The van der Waals surface area contributed by atoms with E-state index in [9.17, 15) is 10.4 Å². The second-order valence-corrected chi connectivity index (χ2v) is 10.7. The summed E-state index contributed by atoms with van der Waals surface area (Å²) in [5.41, 5.74) is 7.78. The van der Waals surface area contributed by atoms with Crippen molar-refractivity contribution in [3.63, 3.8) is 0 Å². The molecule has 0 saturated carbocycles. The fourth-order valence-corrected chi connectivity index (χ4v) is 6.07. The zero-order valence-corrected chi connectivity index (χ0v) is 23.1. The molecule has 3 N–H and O–H groups in total. The first-order valence-corrected chi connectivity index (χ1v) is 13.9. The largest absolute Gasteiger partial charge is 0.507 e.